The number of rotatable bonds is 6. The van der Waals surface area contributed by atoms with Crippen LogP contribution in [0.3, 0.4) is 0 Å². The summed E-state index contributed by atoms with van der Waals surface area (Å²) in [6.07, 6.45) is 0.123. The van der Waals surface area contributed by atoms with E-state index in [0.717, 1.165) is 6.08 Å². The number of alkyl halides is 1. The van der Waals surface area contributed by atoms with E-state index in [1.807, 2.05) is 20.8 Å². The molecular formula is C15H21FN2O3S. The molecule has 7 heteroatoms. The van der Waals surface area contributed by atoms with Gasteiger partial charge in [-0.3, -0.25) is 4.98 Å². The van der Waals surface area contributed by atoms with E-state index in [0.29, 0.717) is 11.3 Å². The number of aliphatic hydroxyl groups is 2. The summed E-state index contributed by atoms with van der Waals surface area (Å²) in [6, 6.07) is 3.16. The number of nitrogens with one attached hydrogen (secondary N) is 1. The van der Waals surface area contributed by atoms with Crippen molar-refractivity contribution in [3.05, 3.63) is 48.0 Å². The van der Waals surface area contributed by atoms with Crippen molar-refractivity contribution < 1.29 is 18.8 Å². The molecule has 0 fully saturated rings. The maximum absolute atomic E-state index is 12.7. The van der Waals surface area contributed by atoms with Crippen LogP contribution in [-0.4, -0.2) is 30.5 Å². The predicted molar refractivity (Wildman–Crippen MR) is 85.8 cm³/mol. The highest BCUT2D eigenvalue weighted by atomic mass is 32.2. The molecule has 1 aromatic heterocycles. The topological polar surface area (TPSA) is 82.4 Å². The van der Waals surface area contributed by atoms with Gasteiger partial charge in [-0.15, -0.1) is 0 Å². The summed E-state index contributed by atoms with van der Waals surface area (Å²) in [5.41, 5.74) is 1.10. The average molecular weight is 328 g/mol. The number of nitrogens with zero attached hydrogens (tertiary/aromatic N) is 1. The van der Waals surface area contributed by atoms with Crippen LogP contribution in [0.2, 0.25) is 0 Å². The smallest absolute Gasteiger partial charge is 0.216 e. The Kier molecular flexibility index (Phi) is 6.40. The second-order valence-corrected chi connectivity index (χ2v) is 7.69. The number of aliphatic hydroxyl groups excluding tert-OH is 2. The average Bonchev–Trinajstić information content (AvgIpc) is 2.40. The second kappa shape index (κ2) is 7.62. The first-order chi connectivity index (χ1) is 10.1. The Hall–Kier alpha value is -1.57. The highest BCUT2D eigenvalue weighted by Gasteiger charge is 2.19. The number of pyridine rings is 1. The number of aromatic nitrogens is 1. The zero-order valence-corrected chi connectivity index (χ0v) is 13.7. The molecule has 0 saturated carbocycles. The number of hydrogen-bond donors (Lipinski definition) is 3. The fourth-order valence-corrected chi connectivity index (χ4v) is 2.31. The van der Waals surface area contributed by atoms with E-state index in [9.17, 15) is 13.7 Å². The Labute approximate surface area is 132 Å². The van der Waals surface area contributed by atoms with Crippen LogP contribution in [0, 0.1) is 0 Å². The molecule has 1 aromatic rings. The lowest BCUT2D eigenvalue weighted by Crippen LogP contribution is -2.33. The van der Waals surface area contributed by atoms with Crippen LogP contribution in [0.4, 0.5) is 4.39 Å². The molecule has 0 aliphatic heterocycles. The maximum Gasteiger partial charge on any atom is 0.216 e. The molecule has 0 aromatic carbocycles. The minimum atomic E-state index is -2.21. The summed E-state index contributed by atoms with van der Waals surface area (Å²) in [5.74, 6) is -0.361. The summed E-state index contributed by atoms with van der Waals surface area (Å²) in [5, 5.41) is 18.3. The lowest BCUT2D eigenvalue weighted by molar-refractivity contribution is 0.0886. The van der Waals surface area contributed by atoms with Crippen molar-refractivity contribution in [1.29, 1.82) is 0 Å². The molecule has 5 nitrogen and oxygen atoms in total. The summed E-state index contributed by atoms with van der Waals surface area (Å²) in [7, 11) is -1.24. The molecule has 2 unspecified atom stereocenters. The van der Waals surface area contributed by atoms with Gasteiger partial charge < -0.3 is 10.2 Å². The van der Waals surface area contributed by atoms with Crippen LogP contribution in [-0.2, 0) is 17.5 Å². The molecule has 3 N–H and O–H groups in total. The minimum Gasteiger partial charge on any atom is -0.508 e. The van der Waals surface area contributed by atoms with Crippen molar-refractivity contribution in [1.82, 2.24) is 9.71 Å². The summed E-state index contributed by atoms with van der Waals surface area (Å²) < 4.78 is 27.1. The van der Waals surface area contributed by atoms with Crippen LogP contribution in [0.15, 0.2) is 36.7 Å². The fraction of sp³-hybridized carbons (Fsp3) is 0.400. The first kappa shape index (κ1) is 18.5. The monoisotopic (exact) mass is 328 g/mol. The number of allylic oxidation sites excluding steroid dienone is 1. The van der Waals surface area contributed by atoms with Gasteiger partial charge in [-0.1, -0.05) is 6.58 Å². The van der Waals surface area contributed by atoms with E-state index in [-0.39, 0.29) is 17.9 Å². The van der Waals surface area contributed by atoms with Gasteiger partial charge >= 0.3 is 0 Å². The molecule has 122 valence electrons. The molecule has 2 atom stereocenters. The molecule has 0 aliphatic rings. The Balaban J connectivity index is 2.94. The molecule has 1 rings (SSSR count). The van der Waals surface area contributed by atoms with Crippen LogP contribution in [0.1, 0.15) is 32.0 Å². The summed E-state index contributed by atoms with van der Waals surface area (Å²) in [6.45, 7) is 9.14. The molecule has 0 spiro atoms. The summed E-state index contributed by atoms with van der Waals surface area (Å²) in [4.78, 5) is 4.12. The number of hydrogen-bond acceptors (Lipinski definition) is 4. The van der Waals surface area contributed by atoms with Gasteiger partial charge in [-0.25, -0.2) is 13.3 Å². The molecule has 22 heavy (non-hydrogen) atoms. The lowest BCUT2D eigenvalue weighted by atomic mass is 10.0. The van der Waals surface area contributed by atoms with E-state index in [1.54, 1.807) is 12.1 Å². The Bertz CT molecular complexity index is 595. The van der Waals surface area contributed by atoms with Crippen LogP contribution in [0.25, 0.3) is 5.57 Å². The highest BCUT2D eigenvalue weighted by molar-refractivity contribution is 7.84. The van der Waals surface area contributed by atoms with E-state index < -0.39 is 22.1 Å². The summed E-state index contributed by atoms with van der Waals surface area (Å²) >= 11 is 0. The van der Waals surface area contributed by atoms with Crippen molar-refractivity contribution >= 4 is 16.6 Å². The number of halogens is 1. The van der Waals surface area contributed by atoms with Crippen molar-refractivity contribution in [2.45, 2.75) is 38.4 Å². The Morgan fingerprint density at radius 1 is 1.59 bits per heavy atom. The third-order valence-electron chi connectivity index (χ3n) is 2.68. The van der Waals surface area contributed by atoms with E-state index >= 15 is 0 Å². The molecule has 0 saturated heterocycles. The molecule has 1 heterocycles. The quantitative estimate of drug-likeness (QED) is 0.553. The van der Waals surface area contributed by atoms with Gasteiger partial charge in [-0.2, -0.15) is 0 Å². The predicted octanol–water partition coefficient (Wildman–Crippen LogP) is 2.38. The van der Waals surface area contributed by atoms with Crippen molar-refractivity contribution in [3.63, 3.8) is 0 Å². The molecule has 0 aliphatic carbocycles. The zero-order valence-electron chi connectivity index (χ0n) is 12.8. The van der Waals surface area contributed by atoms with Gasteiger partial charge in [0.2, 0.25) is 6.36 Å². The first-order valence-corrected chi connectivity index (χ1v) is 7.79. The fourth-order valence-electron chi connectivity index (χ4n) is 1.59. The molecule has 0 amide bonds. The van der Waals surface area contributed by atoms with Gasteiger partial charge in [0.05, 0.1) is 28.0 Å². The van der Waals surface area contributed by atoms with Gasteiger partial charge in [0, 0.05) is 11.8 Å². The largest absolute Gasteiger partial charge is 0.508 e. The normalized spacial score (nSPS) is 15.4. The van der Waals surface area contributed by atoms with E-state index in [2.05, 4.69) is 16.3 Å². The molecular weight excluding hydrogens is 307 g/mol. The lowest BCUT2D eigenvalue weighted by Gasteiger charge is -2.18. The van der Waals surface area contributed by atoms with Crippen molar-refractivity contribution in [3.8, 4) is 0 Å². The zero-order chi connectivity index (χ0) is 16.9. The van der Waals surface area contributed by atoms with Crippen molar-refractivity contribution in [2.75, 3.05) is 0 Å². The van der Waals surface area contributed by atoms with Gasteiger partial charge in [0.1, 0.15) is 5.76 Å². The first-order valence-electron chi connectivity index (χ1n) is 6.64. The molecule has 0 radical (unpaired) electrons. The maximum atomic E-state index is 12.7. The van der Waals surface area contributed by atoms with Crippen LogP contribution in [0.5, 0.6) is 0 Å². The standard InChI is InChI=1S/C15H21FN2O3S/c1-10(19)13(8-14(16)20)11-5-6-17-12(7-11)9-18-22(21)15(2,3)4/h5-8,14,18-20H,1,9H2,2-4H3/b13-8+. The van der Waals surface area contributed by atoms with Gasteiger partial charge in [-0.05, 0) is 44.5 Å². The second-order valence-electron chi connectivity index (χ2n) is 5.64. The van der Waals surface area contributed by atoms with E-state index in [1.165, 1.54) is 6.20 Å². The third-order valence-corrected chi connectivity index (χ3v) is 4.20. The van der Waals surface area contributed by atoms with E-state index in [4.69, 9.17) is 5.11 Å². The van der Waals surface area contributed by atoms with Gasteiger partial charge in [0.15, 0.2) is 0 Å². The highest BCUT2D eigenvalue weighted by Crippen LogP contribution is 2.21. The SMILES string of the molecule is C=C(O)/C(=C\C(O)F)c1ccnc(CNS(=O)C(C)(C)C)c1. The Morgan fingerprint density at radius 3 is 2.73 bits per heavy atom. The molecule has 0 bridgehead atoms. The van der Waals surface area contributed by atoms with Crippen LogP contribution < -0.4 is 4.72 Å². The third kappa shape index (κ3) is 5.67. The van der Waals surface area contributed by atoms with Crippen molar-refractivity contribution in [2.24, 2.45) is 0 Å². The van der Waals surface area contributed by atoms with Crippen LogP contribution >= 0.6 is 0 Å². The minimum absolute atomic E-state index is 0.0793. The Morgan fingerprint density at radius 2 is 2.23 bits per heavy atom. The van der Waals surface area contributed by atoms with Gasteiger partial charge in [0.25, 0.3) is 0 Å².